The summed E-state index contributed by atoms with van der Waals surface area (Å²) in [5, 5.41) is 17.8. The Labute approximate surface area is 224 Å². The number of benzene rings is 1. The van der Waals surface area contributed by atoms with Crippen LogP contribution in [0.25, 0.3) is 0 Å². The van der Waals surface area contributed by atoms with E-state index in [-0.39, 0.29) is 0 Å². The molecule has 0 atom stereocenters. The van der Waals surface area contributed by atoms with Crippen LogP contribution in [-0.4, -0.2) is 48.2 Å². The van der Waals surface area contributed by atoms with Gasteiger partial charge in [0.15, 0.2) is 0 Å². The predicted octanol–water partition coefficient (Wildman–Crippen LogP) is 5.22. The van der Waals surface area contributed by atoms with E-state index in [2.05, 4.69) is 60.8 Å². The topological polar surface area (TPSA) is 85.9 Å². The van der Waals surface area contributed by atoms with Crippen molar-refractivity contribution in [3.8, 4) is 0 Å². The van der Waals surface area contributed by atoms with Gasteiger partial charge in [0.05, 0.1) is 0 Å². The molecule has 0 saturated heterocycles. The van der Waals surface area contributed by atoms with Gasteiger partial charge in [-0.05, 0) is 75.4 Å². The number of hydrogen-bond donors (Lipinski definition) is 5. The third kappa shape index (κ3) is 11.0. The van der Waals surface area contributed by atoms with Gasteiger partial charge in [0.2, 0.25) is 5.95 Å². The number of nitrogens with one attached hydrogen (secondary N) is 5. The van der Waals surface area contributed by atoms with Crippen LogP contribution < -0.4 is 26.6 Å². The first-order valence-corrected chi connectivity index (χ1v) is 14.9. The Morgan fingerprint density at radius 3 is 1.86 bits per heavy atom. The van der Waals surface area contributed by atoms with Gasteiger partial charge in [-0.3, -0.25) is 0 Å². The van der Waals surface area contributed by atoms with Crippen molar-refractivity contribution in [3.63, 3.8) is 0 Å². The minimum atomic E-state index is 0.665. The summed E-state index contributed by atoms with van der Waals surface area (Å²) >= 11 is 0. The van der Waals surface area contributed by atoms with E-state index in [4.69, 9.17) is 0 Å². The van der Waals surface area contributed by atoms with Crippen molar-refractivity contribution in [1.82, 2.24) is 25.9 Å². The fourth-order valence-corrected chi connectivity index (χ4v) is 5.48. The molecule has 1 aromatic heterocycles. The molecule has 1 heterocycles. The first-order chi connectivity index (χ1) is 18.3. The van der Waals surface area contributed by atoms with Crippen molar-refractivity contribution in [2.24, 2.45) is 0 Å². The summed E-state index contributed by atoms with van der Waals surface area (Å²) in [6.07, 6.45) is 17.9. The van der Waals surface area contributed by atoms with Crippen LogP contribution in [0.2, 0.25) is 0 Å². The summed E-state index contributed by atoms with van der Waals surface area (Å²) in [5.41, 5.74) is 2.56. The lowest BCUT2D eigenvalue weighted by Gasteiger charge is -2.22. The molecule has 204 valence electrons. The van der Waals surface area contributed by atoms with Crippen molar-refractivity contribution in [3.05, 3.63) is 47.7 Å². The second-order valence-corrected chi connectivity index (χ2v) is 10.8. The monoisotopic (exact) mass is 507 g/mol. The second-order valence-electron chi connectivity index (χ2n) is 10.8. The molecule has 2 aliphatic rings. The van der Waals surface area contributed by atoms with E-state index >= 15 is 0 Å². The Kier molecular flexibility index (Phi) is 12.5. The van der Waals surface area contributed by atoms with Crippen LogP contribution in [-0.2, 0) is 13.1 Å². The summed E-state index contributed by atoms with van der Waals surface area (Å²) in [5.74, 6) is 1.54. The van der Waals surface area contributed by atoms with E-state index in [0.717, 1.165) is 63.6 Å². The van der Waals surface area contributed by atoms with Gasteiger partial charge in [-0.15, -0.1) is 0 Å². The zero-order chi connectivity index (χ0) is 25.4. The Balaban J connectivity index is 1.06. The highest BCUT2D eigenvalue weighted by Gasteiger charge is 2.12. The summed E-state index contributed by atoms with van der Waals surface area (Å²) in [6.45, 7) is 5.81. The van der Waals surface area contributed by atoms with E-state index < -0.39 is 0 Å². The van der Waals surface area contributed by atoms with Crippen molar-refractivity contribution in [2.75, 3.05) is 36.8 Å². The van der Waals surface area contributed by atoms with Crippen LogP contribution in [0.1, 0.15) is 88.2 Å². The molecule has 4 rings (SSSR count). The molecule has 0 radical (unpaired) electrons. The van der Waals surface area contributed by atoms with Crippen molar-refractivity contribution >= 4 is 11.8 Å². The maximum atomic E-state index is 4.62. The van der Waals surface area contributed by atoms with Crippen LogP contribution >= 0.6 is 0 Å². The molecule has 0 aliphatic heterocycles. The molecule has 2 saturated carbocycles. The maximum Gasteiger partial charge on any atom is 0.224 e. The Morgan fingerprint density at radius 2 is 1.22 bits per heavy atom. The summed E-state index contributed by atoms with van der Waals surface area (Å²) < 4.78 is 0. The lowest BCUT2D eigenvalue weighted by atomic mass is 9.95. The highest BCUT2D eigenvalue weighted by molar-refractivity contribution is 5.40. The standard InChI is InChI=1S/C30H49N7/c1-3-9-27(10-4-1)32-19-7-18-31-23-25-13-15-26(16-14-25)24-36-30-35-22-17-29(37-30)34-21-8-20-33-28-11-5-2-6-12-28/h13-17,22,27-28,31-33H,1-12,18-21,23-24H2,(H2,34,35,36,37). The molecule has 1 aromatic carbocycles. The molecule has 5 N–H and O–H groups in total. The Bertz CT molecular complexity index is 860. The minimum absolute atomic E-state index is 0.665. The third-order valence-electron chi connectivity index (χ3n) is 7.72. The van der Waals surface area contributed by atoms with E-state index in [1.165, 1.54) is 81.8 Å². The largest absolute Gasteiger partial charge is 0.370 e. The van der Waals surface area contributed by atoms with Crippen LogP contribution in [0.15, 0.2) is 36.5 Å². The fourth-order valence-electron chi connectivity index (χ4n) is 5.48. The minimum Gasteiger partial charge on any atom is -0.370 e. The summed E-state index contributed by atoms with van der Waals surface area (Å²) in [7, 11) is 0. The van der Waals surface area contributed by atoms with Gasteiger partial charge in [-0.25, -0.2) is 4.98 Å². The highest BCUT2D eigenvalue weighted by atomic mass is 15.1. The molecule has 7 heteroatoms. The van der Waals surface area contributed by atoms with Gasteiger partial charge in [0, 0.05) is 37.9 Å². The lowest BCUT2D eigenvalue weighted by Crippen LogP contribution is -2.33. The molecule has 37 heavy (non-hydrogen) atoms. The number of rotatable bonds is 16. The second kappa shape index (κ2) is 16.6. The van der Waals surface area contributed by atoms with Gasteiger partial charge in [-0.2, -0.15) is 4.98 Å². The maximum absolute atomic E-state index is 4.62. The fraction of sp³-hybridized carbons (Fsp3) is 0.667. The first-order valence-electron chi connectivity index (χ1n) is 14.9. The van der Waals surface area contributed by atoms with Crippen LogP contribution in [0.5, 0.6) is 0 Å². The summed E-state index contributed by atoms with van der Waals surface area (Å²) in [4.78, 5) is 9.00. The SMILES string of the molecule is c1cc(NCCCNC2CCCCC2)nc(NCc2ccc(CNCCCNC3CCCCC3)cc2)n1. The zero-order valence-electron chi connectivity index (χ0n) is 22.7. The number of hydrogen-bond acceptors (Lipinski definition) is 7. The van der Waals surface area contributed by atoms with Gasteiger partial charge in [0.25, 0.3) is 0 Å². The molecule has 2 aliphatic carbocycles. The van der Waals surface area contributed by atoms with Crippen molar-refractivity contribution in [2.45, 2.75) is 102 Å². The van der Waals surface area contributed by atoms with Crippen LogP contribution in [0.4, 0.5) is 11.8 Å². The molecule has 0 spiro atoms. The lowest BCUT2D eigenvalue weighted by molar-refractivity contribution is 0.371. The zero-order valence-corrected chi connectivity index (χ0v) is 22.7. The molecular weight excluding hydrogens is 458 g/mol. The average Bonchev–Trinajstić information content (AvgIpc) is 2.95. The number of anilines is 2. The first kappa shape index (κ1) is 27.8. The molecule has 7 nitrogen and oxygen atoms in total. The normalized spacial score (nSPS) is 17.1. The van der Waals surface area contributed by atoms with Crippen LogP contribution in [0.3, 0.4) is 0 Å². The molecular formula is C30H49N7. The van der Waals surface area contributed by atoms with Gasteiger partial charge < -0.3 is 26.6 Å². The van der Waals surface area contributed by atoms with Crippen molar-refractivity contribution < 1.29 is 0 Å². The predicted molar refractivity (Wildman–Crippen MR) is 155 cm³/mol. The van der Waals surface area contributed by atoms with Gasteiger partial charge in [0.1, 0.15) is 5.82 Å². The van der Waals surface area contributed by atoms with Gasteiger partial charge >= 0.3 is 0 Å². The summed E-state index contributed by atoms with van der Waals surface area (Å²) in [6, 6.07) is 12.2. The van der Waals surface area contributed by atoms with Gasteiger partial charge in [-0.1, -0.05) is 62.8 Å². The average molecular weight is 508 g/mol. The molecule has 0 bridgehead atoms. The third-order valence-corrected chi connectivity index (χ3v) is 7.72. The quantitative estimate of drug-likeness (QED) is 0.199. The number of nitrogens with zero attached hydrogens (tertiary/aromatic N) is 2. The van der Waals surface area contributed by atoms with Crippen molar-refractivity contribution in [1.29, 1.82) is 0 Å². The molecule has 2 fully saturated rings. The highest BCUT2D eigenvalue weighted by Crippen LogP contribution is 2.18. The Hall–Kier alpha value is -2.22. The van der Waals surface area contributed by atoms with Crippen LogP contribution in [0, 0.1) is 0 Å². The van der Waals surface area contributed by atoms with E-state index in [1.54, 1.807) is 0 Å². The molecule has 2 aromatic rings. The molecule has 0 amide bonds. The Morgan fingerprint density at radius 1 is 0.622 bits per heavy atom. The molecule has 0 unspecified atom stereocenters. The van der Waals surface area contributed by atoms with E-state index in [0.29, 0.717) is 5.95 Å². The number of aromatic nitrogens is 2. The van der Waals surface area contributed by atoms with E-state index in [1.807, 2.05) is 12.3 Å². The van der Waals surface area contributed by atoms with E-state index in [9.17, 15) is 0 Å². The smallest absolute Gasteiger partial charge is 0.224 e.